The maximum absolute atomic E-state index is 13.0. The van der Waals surface area contributed by atoms with Gasteiger partial charge in [-0.3, -0.25) is 0 Å². The predicted octanol–water partition coefficient (Wildman–Crippen LogP) is 3.52. The Labute approximate surface area is 130 Å². The zero-order valence-corrected chi connectivity index (χ0v) is 12.7. The standard InChI is InChI=1S/C17H20BFN2O/c1-18(22)21(17-10-4-14(19)5-11-17)12-13-2-6-15(7-3-13)20-16-8-9-16/h2-7,10-11,16,20,22H,8-9,12H2,1H3. The Hall–Kier alpha value is -2.01. The Morgan fingerprint density at radius 2 is 1.77 bits per heavy atom. The molecule has 2 aromatic carbocycles. The van der Waals surface area contributed by atoms with Gasteiger partial charge in [-0.25, -0.2) is 4.39 Å². The lowest BCUT2D eigenvalue weighted by Gasteiger charge is -2.26. The summed E-state index contributed by atoms with van der Waals surface area (Å²) in [7, 11) is -0.644. The van der Waals surface area contributed by atoms with Crippen molar-refractivity contribution in [3.05, 3.63) is 59.9 Å². The van der Waals surface area contributed by atoms with Crippen LogP contribution in [0.15, 0.2) is 48.5 Å². The minimum absolute atomic E-state index is 0.273. The van der Waals surface area contributed by atoms with Crippen molar-refractivity contribution >= 4 is 18.4 Å². The van der Waals surface area contributed by atoms with E-state index in [-0.39, 0.29) is 5.82 Å². The van der Waals surface area contributed by atoms with Crippen molar-refractivity contribution in [1.29, 1.82) is 0 Å². The largest absolute Gasteiger partial charge is 0.432 e. The molecule has 0 aliphatic heterocycles. The van der Waals surface area contributed by atoms with E-state index in [9.17, 15) is 9.41 Å². The van der Waals surface area contributed by atoms with Crippen LogP contribution in [0.3, 0.4) is 0 Å². The van der Waals surface area contributed by atoms with E-state index in [0.717, 1.165) is 16.9 Å². The van der Waals surface area contributed by atoms with Gasteiger partial charge in [0.15, 0.2) is 0 Å². The number of anilines is 2. The van der Waals surface area contributed by atoms with E-state index in [1.807, 2.05) is 4.81 Å². The molecule has 0 atom stereocenters. The van der Waals surface area contributed by atoms with Gasteiger partial charge in [0.25, 0.3) is 0 Å². The molecule has 0 bridgehead atoms. The summed E-state index contributed by atoms with van der Waals surface area (Å²) < 4.78 is 13.0. The molecule has 0 radical (unpaired) electrons. The van der Waals surface area contributed by atoms with Gasteiger partial charge in [0.05, 0.1) is 0 Å². The van der Waals surface area contributed by atoms with Crippen LogP contribution in [-0.4, -0.2) is 18.1 Å². The van der Waals surface area contributed by atoms with E-state index in [1.54, 1.807) is 19.0 Å². The molecule has 1 fully saturated rings. The van der Waals surface area contributed by atoms with E-state index in [2.05, 4.69) is 29.6 Å². The molecule has 0 aromatic heterocycles. The fourth-order valence-electron chi connectivity index (χ4n) is 2.44. The maximum atomic E-state index is 13.0. The van der Waals surface area contributed by atoms with Gasteiger partial charge in [-0.15, -0.1) is 0 Å². The molecular formula is C17H20BFN2O. The highest BCUT2D eigenvalue weighted by atomic mass is 19.1. The minimum atomic E-state index is -0.644. The molecule has 2 N–H and O–H groups in total. The summed E-state index contributed by atoms with van der Waals surface area (Å²) in [6.45, 7) is 2.29. The molecule has 5 heteroatoms. The van der Waals surface area contributed by atoms with Gasteiger partial charge < -0.3 is 15.2 Å². The third-order valence-electron chi connectivity index (χ3n) is 3.86. The Morgan fingerprint density at radius 1 is 1.14 bits per heavy atom. The van der Waals surface area contributed by atoms with Gasteiger partial charge >= 0.3 is 7.05 Å². The zero-order valence-electron chi connectivity index (χ0n) is 12.7. The summed E-state index contributed by atoms with van der Waals surface area (Å²) in [5.74, 6) is -0.273. The molecule has 22 heavy (non-hydrogen) atoms. The highest BCUT2D eigenvalue weighted by Crippen LogP contribution is 2.25. The average Bonchev–Trinajstić information content (AvgIpc) is 3.31. The second-order valence-electron chi connectivity index (χ2n) is 5.85. The number of rotatable bonds is 6. The van der Waals surface area contributed by atoms with Crippen LogP contribution in [0.1, 0.15) is 18.4 Å². The number of nitrogens with one attached hydrogen (secondary N) is 1. The molecule has 1 aliphatic carbocycles. The second kappa shape index (κ2) is 6.40. The molecule has 1 saturated carbocycles. The molecule has 2 aromatic rings. The van der Waals surface area contributed by atoms with Crippen LogP contribution in [-0.2, 0) is 6.54 Å². The quantitative estimate of drug-likeness (QED) is 0.801. The Morgan fingerprint density at radius 3 is 2.32 bits per heavy atom. The summed E-state index contributed by atoms with van der Waals surface area (Å²) in [6, 6.07) is 15.1. The molecule has 0 unspecified atom stereocenters. The SMILES string of the molecule is CB(O)N(Cc1ccc(NC2CC2)cc1)c1ccc(F)cc1. The van der Waals surface area contributed by atoms with E-state index in [0.29, 0.717) is 12.6 Å². The van der Waals surface area contributed by atoms with Gasteiger partial charge in [0.2, 0.25) is 0 Å². The van der Waals surface area contributed by atoms with Crippen LogP contribution >= 0.6 is 0 Å². The van der Waals surface area contributed by atoms with Gasteiger partial charge in [-0.05, 0) is 61.6 Å². The summed E-state index contributed by atoms with van der Waals surface area (Å²) in [6.07, 6.45) is 2.50. The van der Waals surface area contributed by atoms with Crippen LogP contribution in [0.5, 0.6) is 0 Å². The first-order valence-electron chi connectivity index (χ1n) is 7.67. The normalized spacial score (nSPS) is 13.8. The lowest BCUT2D eigenvalue weighted by Crippen LogP contribution is -2.36. The summed E-state index contributed by atoms with van der Waals surface area (Å²) in [5, 5.41) is 13.5. The molecule has 0 spiro atoms. The summed E-state index contributed by atoms with van der Waals surface area (Å²) in [5.41, 5.74) is 3.04. The van der Waals surface area contributed by atoms with Crippen molar-refractivity contribution in [3.63, 3.8) is 0 Å². The lowest BCUT2D eigenvalue weighted by molar-refractivity contribution is 0.568. The smallest absolute Gasteiger partial charge is 0.409 e. The van der Waals surface area contributed by atoms with E-state index in [4.69, 9.17) is 0 Å². The van der Waals surface area contributed by atoms with Gasteiger partial charge in [0, 0.05) is 24.0 Å². The lowest BCUT2D eigenvalue weighted by atomic mass is 9.83. The third-order valence-corrected chi connectivity index (χ3v) is 3.86. The summed E-state index contributed by atoms with van der Waals surface area (Å²) in [4.78, 5) is 1.84. The minimum Gasteiger partial charge on any atom is -0.432 e. The molecule has 1 aliphatic rings. The Kier molecular flexibility index (Phi) is 4.34. The van der Waals surface area contributed by atoms with Crippen molar-refractivity contribution in [1.82, 2.24) is 0 Å². The van der Waals surface area contributed by atoms with Crippen LogP contribution in [0.4, 0.5) is 15.8 Å². The fraction of sp³-hybridized carbons (Fsp3) is 0.294. The highest BCUT2D eigenvalue weighted by molar-refractivity contribution is 6.53. The van der Waals surface area contributed by atoms with Gasteiger partial charge in [0.1, 0.15) is 5.82 Å². The first kappa shape index (κ1) is 14.9. The van der Waals surface area contributed by atoms with Crippen molar-refractivity contribution in [2.24, 2.45) is 0 Å². The molecule has 0 saturated heterocycles. The average molecular weight is 298 g/mol. The predicted molar refractivity (Wildman–Crippen MR) is 89.5 cm³/mol. The van der Waals surface area contributed by atoms with Crippen molar-refractivity contribution in [2.45, 2.75) is 32.3 Å². The zero-order chi connectivity index (χ0) is 15.5. The van der Waals surface area contributed by atoms with Gasteiger partial charge in [-0.2, -0.15) is 0 Å². The van der Waals surface area contributed by atoms with Gasteiger partial charge in [-0.1, -0.05) is 12.1 Å². The van der Waals surface area contributed by atoms with E-state index < -0.39 is 7.05 Å². The maximum Gasteiger partial charge on any atom is 0.409 e. The number of hydrogen-bond acceptors (Lipinski definition) is 3. The van der Waals surface area contributed by atoms with Crippen molar-refractivity contribution in [3.8, 4) is 0 Å². The van der Waals surface area contributed by atoms with Crippen molar-refractivity contribution < 1.29 is 9.41 Å². The highest BCUT2D eigenvalue weighted by Gasteiger charge is 2.21. The fourth-order valence-corrected chi connectivity index (χ4v) is 2.44. The molecule has 0 heterocycles. The van der Waals surface area contributed by atoms with Crippen LogP contribution in [0, 0.1) is 5.82 Å². The second-order valence-corrected chi connectivity index (χ2v) is 5.85. The number of benzene rings is 2. The van der Waals surface area contributed by atoms with E-state index in [1.165, 1.54) is 25.0 Å². The molecule has 3 nitrogen and oxygen atoms in total. The van der Waals surface area contributed by atoms with Crippen LogP contribution in [0.25, 0.3) is 0 Å². The molecule has 0 amide bonds. The third kappa shape index (κ3) is 3.80. The Bertz CT molecular complexity index is 612. The van der Waals surface area contributed by atoms with E-state index >= 15 is 0 Å². The number of nitrogens with zero attached hydrogens (tertiary/aromatic N) is 1. The first-order valence-corrected chi connectivity index (χ1v) is 7.67. The first-order chi connectivity index (χ1) is 10.6. The van der Waals surface area contributed by atoms with Crippen molar-refractivity contribution in [2.75, 3.05) is 10.1 Å². The Balaban J connectivity index is 1.71. The molecule has 3 rings (SSSR count). The molecular weight excluding hydrogens is 278 g/mol. The summed E-state index contributed by atoms with van der Waals surface area (Å²) >= 11 is 0. The topological polar surface area (TPSA) is 35.5 Å². The van der Waals surface area contributed by atoms with Crippen LogP contribution < -0.4 is 10.1 Å². The van der Waals surface area contributed by atoms with Crippen LogP contribution in [0.2, 0.25) is 6.82 Å². The molecule has 114 valence electrons. The number of hydrogen-bond donors (Lipinski definition) is 2. The number of halogens is 1. The monoisotopic (exact) mass is 298 g/mol.